The molecule has 0 spiro atoms. The molecule has 0 atom stereocenters. The molecule has 0 aliphatic rings. The van der Waals surface area contributed by atoms with Gasteiger partial charge in [0.1, 0.15) is 0 Å². The normalized spacial score (nSPS) is 10.7. The number of hydrogen-bond donors (Lipinski definition) is 3. The molecule has 0 unspecified atom stereocenters. The molecule has 2 rings (SSSR count). The molecular weight excluding hydrogens is 356 g/mol. The molecule has 25 heavy (non-hydrogen) atoms. The molecule has 132 valence electrons. The maximum absolute atomic E-state index is 8.96. The predicted octanol–water partition coefficient (Wildman–Crippen LogP) is 3.40. The van der Waals surface area contributed by atoms with Crippen LogP contribution >= 0.6 is 23.8 Å². The van der Waals surface area contributed by atoms with Gasteiger partial charge in [0, 0.05) is 30.0 Å². The van der Waals surface area contributed by atoms with Gasteiger partial charge in [0.25, 0.3) is 0 Å². The Morgan fingerprint density at radius 3 is 2.68 bits per heavy atom. The Balaban J connectivity index is 1.90. The monoisotopic (exact) mass is 376 g/mol. The largest absolute Gasteiger partial charge is 0.395 e. The smallest absolute Gasteiger partial charge is 0.191 e. The number of likely N-dealkylation sites (N-methyl/N-ethyl adjacent to an activating group) is 1. The maximum atomic E-state index is 8.96. The van der Waals surface area contributed by atoms with Crippen LogP contribution in [0.15, 0.2) is 47.6 Å². The summed E-state index contributed by atoms with van der Waals surface area (Å²) in [5, 5.41) is 17.2. The van der Waals surface area contributed by atoms with Crippen LogP contribution in [0.25, 0.3) is 0 Å². The molecule has 5 nitrogen and oxygen atoms in total. The summed E-state index contributed by atoms with van der Waals surface area (Å²) in [6.45, 7) is 2.64. The van der Waals surface area contributed by atoms with Crippen molar-refractivity contribution in [2.45, 2.75) is 6.92 Å². The summed E-state index contributed by atoms with van der Waals surface area (Å²) in [6.07, 6.45) is 1.69. The highest BCUT2D eigenvalue weighted by Crippen LogP contribution is 2.22. The Morgan fingerprint density at radius 2 is 2.00 bits per heavy atom. The minimum Gasteiger partial charge on any atom is -0.395 e. The van der Waals surface area contributed by atoms with Crippen molar-refractivity contribution in [1.29, 1.82) is 0 Å². The van der Waals surface area contributed by atoms with E-state index in [2.05, 4.69) is 15.8 Å². The number of anilines is 2. The van der Waals surface area contributed by atoms with Crippen molar-refractivity contribution in [3.8, 4) is 0 Å². The van der Waals surface area contributed by atoms with Crippen molar-refractivity contribution >= 4 is 46.5 Å². The third kappa shape index (κ3) is 5.70. The van der Waals surface area contributed by atoms with E-state index >= 15 is 0 Å². The molecule has 0 amide bonds. The van der Waals surface area contributed by atoms with E-state index in [9.17, 15) is 0 Å². The molecule has 0 radical (unpaired) electrons. The number of aliphatic hydroxyl groups is 1. The molecule has 2 aromatic rings. The first-order valence-electron chi connectivity index (χ1n) is 7.78. The van der Waals surface area contributed by atoms with Crippen LogP contribution in [0.4, 0.5) is 11.4 Å². The van der Waals surface area contributed by atoms with Gasteiger partial charge in [-0.15, -0.1) is 0 Å². The van der Waals surface area contributed by atoms with Crippen molar-refractivity contribution in [3.05, 3.63) is 58.6 Å². The first kappa shape index (κ1) is 19.2. The first-order chi connectivity index (χ1) is 12.0. The molecule has 0 saturated heterocycles. The van der Waals surface area contributed by atoms with Crippen molar-refractivity contribution in [3.63, 3.8) is 0 Å². The van der Waals surface area contributed by atoms with Gasteiger partial charge >= 0.3 is 0 Å². The predicted molar refractivity (Wildman–Crippen MR) is 110 cm³/mol. The van der Waals surface area contributed by atoms with E-state index in [1.165, 1.54) is 0 Å². The zero-order valence-corrected chi connectivity index (χ0v) is 15.7. The third-order valence-electron chi connectivity index (χ3n) is 3.66. The fourth-order valence-corrected chi connectivity index (χ4v) is 2.49. The average molecular weight is 377 g/mol. The zero-order valence-electron chi connectivity index (χ0n) is 14.2. The molecule has 0 bridgehead atoms. The van der Waals surface area contributed by atoms with Crippen LogP contribution < -0.4 is 15.6 Å². The lowest BCUT2D eigenvalue weighted by Crippen LogP contribution is -2.24. The van der Waals surface area contributed by atoms with Crippen LogP contribution in [-0.2, 0) is 0 Å². The summed E-state index contributed by atoms with van der Waals surface area (Å²) in [5.74, 6) is 0. The molecular formula is C18H21ClN4OS. The van der Waals surface area contributed by atoms with Crippen LogP contribution in [-0.4, -0.2) is 36.6 Å². The molecule has 7 heteroatoms. The van der Waals surface area contributed by atoms with Crippen molar-refractivity contribution in [2.24, 2.45) is 5.10 Å². The highest BCUT2D eigenvalue weighted by atomic mass is 35.5. The molecule has 2 aromatic carbocycles. The second-order valence-electron chi connectivity index (χ2n) is 5.47. The lowest BCUT2D eigenvalue weighted by atomic mass is 10.2. The Kier molecular flexibility index (Phi) is 7.18. The van der Waals surface area contributed by atoms with Gasteiger partial charge in [0.05, 0.1) is 12.8 Å². The summed E-state index contributed by atoms with van der Waals surface area (Å²) >= 11 is 11.3. The summed E-state index contributed by atoms with van der Waals surface area (Å²) in [6, 6.07) is 13.4. The number of thiocarbonyl (C=S) groups is 1. The van der Waals surface area contributed by atoms with E-state index < -0.39 is 0 Å². The van der Waals surface area contributed by atoms with Gasteiger partial charge in [-0.2, -0.15) is 5.10 Å². The Morgan fingerprint density at radius 1 is 1.28 bits per heavy atom. The van der Waals surface area contributed by atoms with E-state index in [1.54, 1.807) is 6.21 Å². The van der Waals surface area contributed by atoms with E-state index in [0.717, 1.165) is 22.5 Å². The fourth-order valence-electron chi connectivity index (χ4n) is 2.15. The summed E-state index contributed by atoms with van der Waals surface area (Å²) < 4.78 is 0. The van der Waals surface area contributed by atoms with Crippen LogP contribution in [0.2, 0.25) is 5.02 Å². The number of nitrogens with zero attached hydrogens (tertiary/aromatic N) is 2. The van der Waals surface area contributed by atoms with E-state index in [0.29, 0.717) is 16.7 Å². The van der Waals surface area contributed by atoms with Crippen LogP contribution in [0, 0.1) is 6.92 Å². The molecule has 0 fully saturated rings. The van der Waals surface area contributed by atoms with Crippen molar-refractivity contribution in [1.82, 2.24) is 5.43 Å². The second-order valence-corrected chi connectivity index (χ2v) is 6.29. The summed E-state index contributed by atoms with van der Waals surface area (Å²) in [4.78, 5) is 1.98. The Bertz CT molecular complexity index is 749. The topological polar surface area (TPSA) is 59.9 Å². The van der Waals surface area contributed by atoms with Crippen molar-refractivity contribution < 1.29 is 5.11 Å². The van der Waals surface area contributed by atoms with Gasteiger partial charge in [-0.25, -0.2) is 0 Å². The standard InChI is InChI=1S/C18H21ClN4OS/c1-13-16(19)4-3-5-17(13)21-18(25)22-20-12-14-6-8-15(9-7-14)23(2)10-11-24/h3-9,12,24H,10-11H2,1-2H3,(H2,21,22,25)/b20-12+. The molecule has 0 saturated carbocycles. The molecule has 0 heterocycles. The number of hydrogen-bond acceptors (Lipinski definition) is 4. The van der Waals surface area contributed by atoms with Crippen LogP contribution in [0.1, 0.15) is 11.1 Å². The number of halogens is 1. The number of benzene rings is 2. The second kappa shape index (κ2) is 9.36. The minimum absolute atomic E-state index is 0.125. The third-order valence-corrected chi connectivity index (χ3v) is 4.27. The highest BCUT2D eigenvalue weighted by molar-refractivity contribution is 7.80. The van der Waals surface area contributed by atoms with Crippen molar-refractivity contribution in [2.75, 3.05) is 30.4 Å². The van der Waals surface area contributed by atoms with E-state index in [1.807, 2.05) is 61.3 Å². The fraction of sp³-hybridized carbons (Fsp3) is 0.222. The SMILES string of the molecule is Cc1c(Cl)cccc1NC(=S)N/N=C/c1ccc(N(C)CCO)cc1. The first-order valence-corrected chi connectivity index (χ1v) is 8.57. The summed E-state index contributed by atoms with van der Waals surface area (Å²) in [5.41, 5.74) is 6.54. The van der Waals surface area contributed by atoms with Gasteiger partial charge in [-0.1, -0.05) is 29.8 Å². The minimum atomic E-state index is 0.125. The number of rotatable bonds is 6. The molecule has 0 aromatic heterocycles. The lowest BCUT2D eigenvalue weighted by molar-refractivity contribution is 0.304. The average Bonchev–Trinajstić information content (AvgIpc) is 2.60. The Hall–Kier alpha value is -2.15. The van der Waals surface area contributed by atoms with E-state index in [4.69, 9.17) is 28.9 Å². The highest BCUT2D eigenvalue weighted by Gasteiger charge is 2.03. The zero-order chi connectivity index (χ0) is 18.2. The molecule has 3 N–H and O–H groups in total. The summed E-state index contributed by atoms with van der Waals surface area (Å²) in [7, 11) is 1.93. The molecule has 0 aliphatic heterocycles. The van der Waals surface area contributed by atoms with Gasteiger partial charge in [-0.05, 0) is 54.5 Å². The van der Waals surface area contributed by atoms with E-state index in [-0.39, 0.29) is 6.61 Å². The quantitative estimate of drug-likeness (QED) is 0.410. The van der Waals surface area contributed by atoms with Crippen LogP contribution in [0.5, 0.6) is 0 Å². The number of nitrogens with one attached hydrogen (secondary N) is 2. The van der Waals surface area contributed by atoms with Gasteiger partial charge < -0.3 is 15.3 Å². The lowest BCUT2D eigenvalue weighted by Gasteiger charge is -2.17. The Labute approximate surface area is 158 Å². The van der Waals surface area contributed by atoms with Gasteiger partial charge in [0.2, 0.25) is 0 Å². The number of aliphatic hydroxyl groups excluding tert-OH is 1. The van der Waals surface area contributed by atoms with Gasteiger partial charge in [0.15, 0.2) is 5.11 Å². The maximum Gasteiger partial charge on any atom is 0.191 e. The van der Waals surface area contributed by atoms with Crippen LogP contribution in [0.3, 0.4) is 0 Å². The van der Waals surface area contributed by atoms with Gasteiger partial charge in [-0.3, -0.25) is 5.43 Å². The molecule has 0 aliphatic carbocycles. The number of hydrazone groups is 1.